The van der Waals surface area contributed by atoms with Crippen LogP contribution >= 0.6 is 11.3 Å². The Morgan fingerprint density at radius 3 is 2.65 bits per heavy atom. The van der Waals surface area contributed by atoms with Gasteiger partial charge in [0.15, 0.2) is 16.9 Å². The number of hydrogen-bond acceptors (Lipinski definition) is 6. The van der Waals surface area contributed by atoms with Crippen LogP contribution in [0.1, 0.15) is 33.4 Å². The van der Waals surface area contributed by atoms with Gasteiger partial charge < -0.3 is 9.47 Å². The second-order valence-corrected chi connectivity index (χ2v) is 8.45. The van der Waals surface area contributed by atoms with Crippen molar-refractivity contribution in [3.8, 4) is 5.75 Å². The third-order valence-electron chi connectivity index (χ3n) is 5.14. The van der Waals surface area contributed by atoms with E-state index in [0.29, 0.717) is 24.5 Å². The lowest BCUT2D eigenvalue weighted by Gasteiger charge is -2.23. The number of thiazole rings is 1. The van der Waals surface area contributed by atoms with Crippen molar-refractivity contribution < 1.29 is 19.1 Å². The van der Waals surface area contributed by atoms with Crippen molar-refractivity contribution >= 4 is 28.3 Å². The zero-order chi connectivity index (χ0) is 21.8. The van der Waals surface area contributed by atoms with Crippen LogP contribution in [0.2, 0.25) is 0 Å². The number of amides is 1. The van der Waals surface area contributed by atoms with E-state index >= 15 is 0 Å². The minimum Gasteiger partial charge on any atom is -0.480 e. The Morgan fingerprint density at radius 1 is 1.16 bits per heavy atom. The summed E-state index contributed by atoms with van der Waals surface area (Å²) in [5.41, 5.74) is 2.40. The minimum atomic E-state index is -0.608. The molecule has 0 radical (unpaired) electrons. The molecule has 0 aliphatic carbocycles. The maximum Gasteiger partial charge on any atom is 0.358 e. The Labute approximate surface area is 185 Å². The van der Waals surface area contributed by atoms with E-state index in [1.807, 2.05) is 61.5 Å². The molecule has 1 unspecified atom stereocenters. The second kappa shape index (κ2) is 9.31. The first-order valence-electron chi connectivity index (χ1n) is 10.3. The molecule has 0 saturated carbocycles. The number of esters is 1. The van der Waals surface area contributed by atoms with Gasteiger partial charge in [0.1, 0.15) is 5.75 Å². The van der Waals surface area contributed by atoms with E-state index in [9.17, 15) is 9.59 Å². The molecule has 2 heterocycles. The summed E-state index contributed by atoms with van der Waals surface area (Å²) in [6.45, 7) is 4.28. The zero-order valence-electron chi connectivity index (χ0n) is 17.5. The number of anilines is 1. The number of benzene rings is 2. The van der Waals surface area contributed by atoms with Crippen LogP contribution in [0.3, 0.4) is 0 Å². The van der Waals surface area contributed by atoms with Crippen LogP contribution in [-0.2, 0) is 22.4 Å². The number of nitrogens with zero attached hydrogens (tertiary/aromatic N) is 2. The lowest BCUT2D eigenvalue weighted by molar-refractivity contribution is -0.124. The molecule has 0 fully saturated rings. The van der Waals surface area contributed by atoms with Crippen molar-refractivity contribution in [2.75, 3.05) is 18.1 Å². The summed E-state index contributed by atoms with van der Waals surface area (Å²) in [4.78, 5) is 32.6. The molecule has 3 aromatic rings. The van der Waals surface area contributed by atoms with E-state index in [1.54, 1.807) is 11.8 Å². The molecule has 160 valence electrons. The normalized spacial score (nSPS) is 14.6. The van der Waals surface area contributed by atoms with Crippen molar-refractivity contribution in [3.63, 3.8) is 0 Å². The molecule has 7 heteroatoms. The molecule has 0 saturated heterocycles. The predicted molar refractivity (Wildman–Crippen MR) is 120 cm³/mol. The molecule has 4 rings (SSSR count). The number of carbonyl (C=O) groups is 2. The molecular formula is C24H24N2O4S. The molecule has 0 N–H and O–H groups in total. The van der Waals surface area contributed by atoms with Gasteiger partial charge in [0.05, 0.1) is 6.61 Å². The molecule has 1 aromatic heterocycles. The van der Waals surface area contributed by atoms with Crippen LogP contribution in [0, 0.1) is 6.92 Å². The van der Waals surface area contributed by atoms with Crippen molar-refractivity contribution in [1.29, 1.82) is 0 Å². The van der Waals surface area contributed by atoms with Gasteiger partial charge in [-0.05, 0) is 37.5 Å². The summed E-state index contributed by atoms with van der Waals surface area (Å²) >= 11 is 1.32. The maximum atomic E-state index is 13.5. The standard InChI is InChI=1S/C24H24N2O4S/c1-3-29-23(28)21-16(2)31-24(25-21)26(14-13-17-9-5-4-6-10-17)22(27)20-15-18-11-7-8-12-19(18)30-20/h4-12,20H,3,13-15H2,1-2H3. The Hall–Kier alpha value is -3.19. The van der Waals surface area contributed by atoms with Crippen molar-refractivity contribution in [2.45, 2.75) is 32.8 Å². The molecule has 1 aliphatic heterocycles. The van der Waals surface area contributed by atoms with Gasteiger partial charge in [-0.1, -0.05) is 48.5 Å². The molecule has 2 aromatic carbocycles. The monoisotopic (exact) mass is 436 g/mol. The summed E-state index contributed by atoms with van der Waals surface area (Å²) in [5.74, 6) is 0.116. The number of carbonyl (C=O) groups excluding carboxylic acids is 2. The van der Waals surface area contributed by atoms with Crippen LogP contribution in [0.25, 0.3) is 0 Å². The Balaban J connectivity index is 1.59. The number of rotatable bonds is 7. The van der Waals surface area contributed by atoms with Crippen LogP contribution in [0.5, 0.6) is 5.75 Å². The summed E-state index contributed by atoms with van der Waals surface area (Å²) < 4.78 is 11.1. The maximum absolute atomic E-state index is 13.5. The number of para-hydroxylation sites is 1. The van der Waals surface area contributed by atoms with E-state index in [-0.39, 0.29) is 18.2 Å². The van der Waals surface area contributed by atoms with Crippen molar-refractivity contribution in [2.24, 2.45) is 0 Å². The highest BCUT2D eigenvalue weighted by Gasteiger charge is 2.34. The quantitative estimate of drug-likeness (QED) is 0.519. The molecular weight excluding hydrogens is 412 g/mol. The first-order chi connectivity index (χ1) is 15.1. The van der Waals surface area contributed by atoms with E-state index in [1.165, 1.54) is 11.3 Å². The Bertz CT molecular complexity index is 1060. The van der Waals surface area contributed by atoms with Crippen molar-refractivity contribution in [1.82, 2.24) is 4.98 Å². The van der Waals surface area contributed by atoms with Gasteiger partial charge in [-0.25, -0.2) is 9.78 Å². The fraction of sp³-hybridized carbons (Fsp3) is 0.292. The molecule has 0 spiro atoms. The Kier molecular flexibility index (Phi) is 6.32. The molecule has 31 heavy (non-hydrogen) atoms. The fourth-order valence-electron chi connectivity index (χ4n) is 3.57. The van der Waals surface area contributed by atoms with E-state index in [2.05, 4.69) is 4.98 Å². The lowest BCUT2D eigenvalue weighted by Crippen LogP contribution is -2.42. The van der Waals surface area contributed by atoms with Gasteiger partial charge in [-0.3, -0.25) is 9.69 Å². The average Bonchev–Trinajstić information content (AvgIpc) is 3.38. The van der Waals surface area contributed by atoms with E-state index < -0.39 is 12.1 Å². The van der Waals surface area contributed by atoms with Gasteiger partial charge in [-0.2, -0.15) is 0 Å². The number of ether oxygens (including phenoxy) is 2. The van der Waals surface area contributed by atoms with Gasteiger partial charge in [0.25, 0.3) is 5.91 Å². The smallest absolute Gasteiger partial charge is 0.358 e. The molecule has 0 bridgehead atoms. The predicted octanol–water partition coefficient (Wildman–Crippen LogP) is 4.21. The number of fused-ring (bicyclic) bond motifs is 1. The highest BCUT2D eigenvalue weighted by molar-refractivity contribution is 7.16. The lowest BCUT2D eigenvalue weighted by atomic mass is 10.1. The zero-order valence-corrected chi connectivity index (χ0v) is 18.4. The highest BCUT2D eigenvalue weighted by Crippen LogP contribution is 2.32. The van der Waals surface area contributed by atoms with Gasteiger partial charge in [0, 0.05) is 17.8 Å². The number of hydrogen-bond donors (Lipinski definition) is 0. The van der Waals surface area contributed by atoms with Crippen LogP contribution < -0.4 is 9.64 Å². The third kappa shape index (κ3) is 4.61. The SMILES string of the molecule is CCOC(=O)c1nc(N(CCc2ccccc2)C(=O)C2Cc3ccccc3O2)sc1C. The fourth-order valence-corrected chi connectivity index (χ4v) is 4.49. The average molecular weight is 437 g/mol. The first kappa shape index (κ1) is 21.1. The largest absolute Gasteiger partial charge is 0.480 e. The summed E-state index contributed by atoms with van der Waals surface area (Å²) in [7, 11) is 0. The van der Waals surface area contributed by atoms with E-state index in [4.69, 9.17) is 9.47 Å². The summed E-state index contributed by atoms with van der Waals surface area (Å²) in [6.07, 6.45) is 0.578. The third-order valence-corrected chi connectivity index (χ3v) is 6.13. The summed E-state index contributed by atoms with van der Waals surface area (Å²) in [5, 5.41) is 0.487. The van der Waals surface area contributed by atoms with Gasteiger partial charge in [-0.15, -0.1) is 11.3 Å². The Morgan fingerprint density at radius 2 is 1.90 bits per heavy atom. The number of aromatic nitrogens is 1. The number of aryl methyl sites for hydroxylation is 1. The molecule has 1 amide bonds. The highest BCUT2D eigenvalue weighted by atomic mass is 32.1. The van der Waals surface area contributed by atoms with E-state index in [0.717, 1.165) is 21.8 Å². The van der Waals surface area contributed by atoms with Crippen molar-refractivity contribution in [3.05, 3.63) is 76.3 Å². The van der Waals surface area contributed by atoms with Gasteiger partial charge >= 0.3 is 5.97 Å². The van der Waals surface area contributed by atoms with Crippen LogP contribution in [0.4, 0.5) is 5.13 Å². The molecule has 1 atom stereocenters. The van der Waals surface area contributed by atoms with Crippen LogP contribution in [-0.4, -0.2) is 36.1 Å². The van der Waals surface area contributed by atoms with Gasteiger partial charge in [0.2, 0.25) is 0 Å². The summed E-state index contributed by atoms with van der Waals surface area (Å²) in [6, 6.07) is 17.7. The second-order valence-electron chi connectivity index (χ2n) is 7.27. The topological polar surface area (TPSA) is 68.7 Å². The van der Waals surface area contributed by atoms with Crippen LogP contribution in [0.15, 0.2) is 54.6 Å². The minimum absolute atomic E-state index is 0.156. The molecule has 6 nitrogen and oxygen atoms in total. The first-order valence-corrected chi connectivity index (χ1v) is 11.1. The molecule has 1 aliphatic rings.